The molecule has 0 aliphatic carbocycles. The first-order chi connectivity index (χ1) is 8.87. The monoisotopic (exact) mass is 315 g/mol. The van der Waals surface area contributed by atoms with Crippen LogP contribution in [0.1, 0.15) is 24.4 Å². The molecular formula is C12H17ClF3NO3. The van der Waals surface area contributed by atoms with E-state index in [0.29, 0.717) is 18.4 Å². The summed E-state index contributed by atoms with van der Waals surface area (Å²) in [6.07, 6.45) is -3.73. The Labute approximate surface area is 121 Å². The van der Waals surface area contributed by atoms with E-state index in [2.05, 4.69) is 4.74 Å². The quantitative estimate of drug-likeness (QED) is 0.847. The SMILES string of the molecule is COc1cc(OC(F)(F)F)ccc1[C@H](N)CCCO.Cl. The maximum atomic E-state index is 12.1. The molecule has 1 atom stereocenters. The number of nitrogens with two attached hydrogens (primary N) is 1. The Balaban J connectivity index is 0.00000361. The van der Waals surface area contributed by atoms with Gasteiger partial charge in [-0.3, -0.25) is 0 Å². The van der Waals surface area contributed by atoms with Crippen LogP contribution in [0.3, 0.4) is 0 Å². The minimum Gasteiger partial charge on any atom is -0.496 e. The van der Waals surface area contributed by atoms with Crippen LogP contribution >= 0.6 is 12.4 Å². The Morgan fingerprint density at radius 1 is 1.35 bits per heavy atom. The fourth-order valence-corrected chi connectivity index (χ4v) is 1.66. The summed E-state index contributed by atoms with van der Waals surface area (Å²) in [5.74, 6) is -0.130. The molecule has 0 spiro atoms. The van der Waals surface area contributed by atoms with Crippen molar-refractivity contribution in [1.82, 2.24) is 0 Å². The number of hydrogen-bond acceptors (Lipinski definition) is 4. The smallest absolute Gasteiger partial charge is 0.496 e. The third-order valence-electron chi connectivity index (χ3n) is 2.51. The van der Waals surface area contributed by atoms with E-state index in [9.17, 15) is 13.2 Å². The van der Waals surface area contributed by atoms with Crippen molar-refractivity contribution in [1.29, 1.82) is 0 Å². The van der Waals surface area contributed by atoms with Crippen LogP contribution < -0.4 is 15.2 Å². The van der Waals surface area contributed by atoms with Crippen LogP contribution in [0, 0.1) is 0 Å². The van der Waals surface area contributed by atoms with E-state index < -0.39 is 12.4 Å². The second-order valence-corrected chi connectivity index (χ2v) is 3.92. The van der Waals surface area contributed by atoms with Crippen molar-refractivity contribution in [2.24, 2.45) is 5.73 Å². The molecule has 0 saturated carbocycles. The molecule has 1 rings (SSSR count). The summed E-state index contributed by atoms with van der Waals surface area (Å²) in [6, 6.07) is 3.34. The highest BCUT2D eigenvalue weighted by atomic mass is 35.5. The predicted molar refractivity (Wildman–Crippen MR) is 70.2 cm³/mol. The lowest BCUT2D eigenvalue weighted by molar-refractivity contribution is -0.274. The molecule has 1 aromatic carbocycles. The van der Waals surface area contributed by atoms with Crippen LogP contribution in [0.15, 0.2) is 18.2 Å². The summed E-state index contributed by atoms with van der Waals surface area (Å²) in [5.41, 5.74) is 6.46. The van der Waals surface area contributed by atoms with Crippen molar-refractivity contribution in [2.45, 2.75) is 25.2 Å². The van der Waals surface area contributed by atoms with Crippen LogP contribution in [0.2, 0.25) is 0 Å². The number of ether oxygens (including phenoxy) is 2. The van der Waals surface area contributed by atoms with Crippen LogP contribution in [-0.2, 0) is 0 Å². The normalized spacial score (nSPS) is 12.5. The molecular weight excluding hydrogens is 299 g/mol. The Morgan fingerprint density at radius 3 is 2.50 bits per heavy atom. The predicted octanol–water partition coefficient (Wildman–Crippen LogP) is 2.79. The third kappa shape index (κ3) is 5.85. The zero-order valence-corrected chi connectivity index (χ0v) is 11.6. The van der Waals surface area contributed by atoms with E-state index in [0.717, 1.165) is 6.07 Å². The fourth-order valence-electron chi connectivity index (χ4n) is 1.66. The van der Waals surface area contributed by atoms with Gasteiger partial charge < -0.3 is 20.3 Å². The zero-order chi connectivity index (χ0) is 14.5. The average molecular weight is 316 g/mol. The molecule has 0 aromatic heterocycles. The second-order valence-electron chi connectivity index (χ2n) is 3.92. The standard InChI is InChI=1S/C12H16F3NO3.ClH/c1-18-11-7-8(19-12(13,14)15)4-5-9(11)10(16)3-2-6-17;/h4-5,7,10,17H,2-3,6,16H2,1H3;1H/t10-;/m1./s1. The van der Waals surface area contributed by atoms with Gasteiger partial charge in [0.05, 0.1) is 7.11 Å². The van der Waals surface area contributed by atoms with Crippen molar-refractivity contribution >= 4 is 12.4 Å². The molecule has 0 fully saturated rings. The number of hydrogen-bond donors (Lipinski definition) is 2. The second kappa shape index (κ2) is 8.18. The molecule has 0 aliphatic heterocycles. The lowest BCUT2D eigenvalue weighted by atomic mass is 10.0. The topological polar surface area (TPSA) is 64.7 Å². The maximum Gasteiger partial charge on any atom is 0.573 e. The molecule has 0 aliphatic rings. The number of rotatable bonds is 6. The van der Waals surface area contributed by atoms with Crippen LogP contribution in [-0.4, -0.2) is 25.2 Å². The zero-order valence-electron chi connectivity index (χ0n) is 10.8. The van der Waals surface area contributed by atoms with Gasteiger partial charge >= 0.3 is 6.36 Å². The molecule has 0 saturated heterocycles. The summed E-state index contributed by atoms with van der Waals surface area (Å²) in [5, 5.41) is 8.73. The molecule has 0 amide bonds. The Morgan fingerprint density at radius 2 is 2.00 bits per heavy atom. The van der Waals surface area contributed by atoms with Gasteiger partial charge in [-0.2, -0.15) is 0 Å². The van der Waals surface area contributed by atoms with Crippen LogP contribution in [0.4, 0.5) is 13.2 Å². The van der Waals surface area contributed by atoms with E-state index in [-0.39, 0.29) is 30.5 Å². The maximum absolute atomic E-state index is 12.1. The number of alkyl halides is 3. The number of halogens is 4. The first-order valence-corrected chi connectivity index (χ1v) is 5.67. The number of benzene rings is 1. The van der Waals surface area contributed by atoms with Crippen LogP contribution in [0.5, 0.6) is 11.5 Å². The molecule has 0 bridgehead atoms. The van der Waals surface area contributed by atoms with Crippen molar-refractivity contribution in [3.63, 3.8) is 0 Å². The molecule has 1 aromatic rings. The van der Waals surface area contributed by atoms with Gasteiger partial charge in [0.15, 0.2) is 0 Å². The van der Waals surface area contributed by atoms with E-state index in [4.69, 9.17) is 15.6 Å². The van der Waals surface area contributed by atoms with Gasteiger partial charge in [0.2, 0.25) is 0 Å². The van der Waals surface area contributed by atoms with Crippen molar-refractivity contribution in [3.8, 4) is 11.5 Å². The molecule has 0 radical (unpaired) electrons. The molecule has 4 nitrogen and oxygen atoms in total. The number of methoxy groups -OCH3 is 1. The Hall–Kier alpha value is -1.18. The molecule has 0 unspecified atom stereocenters. The summed E-state index contributed by atoms with van der Waals surface area (Å²) in [6.45, 7) is 0.00524. The highest BCUT2D eigenvalue weighted by molar-refractivity contribution is 5.85. The molecule has 116 valence electrons. The highest BCUT2D eigenvalue weighted by Gasteiger charge is 2.31. The van der Waals surface area contributed by atoms with E-state index >= 15 is 0 Å². The highest BCUT2D eigenvalue weighted by Crippen LogP contribution is 2.32. The Bertz CT molecular complexity index is 415. The average Bonchev–Trinajstić information content (AvgIpc) is 2.33. The Kier molecular flexibility index (Phi) is 7.70. The van der Waals surface area contributed by atoms with E-state index in [1.54, 1.807) is 0 Å². The van der Waals surface area contributed by atoms with Gasteiger partial charge in [0.25, 0.3) is 0 Å². The van der Waals surface area contributed by atoms with Gasteiger partial charge in [0.1, 0.15) is 11.5 Å². The van der Waals surface area contributed by atoms with Gasteiger partial charge in [-0.05, 0) is 18.9 Å². The minimum atomic E-state index is -4.74. The first-order valence-electron chi connectivity index (χ1n) is 5.67. The minimum absolute atomic E-state index is 0. The summed E-state index contributed by atoms with van der Waals surface area (Å²) < 4.78 is 45.1. The fraction of sp³-hybridized carbons (Fsp3) is 0.500. The van der Waals surface area contributed by atoms with Gasteiger partial charge in [-0.1, -0.05) is 6.07 Å². The van der Waals surface area contributed by atoms with Gasteiger partial charge in [-0.25, -0.2) is 0 Å². The molecule has 3 N–H and O–H groups in total. The third-order valence-corrected chi connectivity index (χ3v) is 2.51. The first kappa shape index (κ1) is 18.8. The molecule has 0 heterocycles. The van der Waals surface area contributed by atoms with E-state index in [1.807, 2.05) is 0 Å². The lowest BCUT2D eigenvalue weighted by Gasteiger charge is -2.17. The van der Waals surface area contributed by atoms with Crippen molar-refractivity contribution in [2.75, 3.05) is 13.7 Å². The lowest BCUT2D eigenvalue weighted by Crippen LogP contribution is -2.17. The molecule has 20 heavy (non-hydrogen) atoms. The van der Waals surface area contributed by atoms with Gasteiger partial charge in [0, 0.05) is 24.3 Å². The van der Waals surface area contributed by atoms with Crippen molar-refractivity contribution in [3.05, 3.63) is 23.8 Å². The van der Waals surface area contributed by atoms with E-state index in [1.165, 1.54) is 19.2 Å². The van der Waals surface area contributed by atoms with Crippen LogP contribution in [0.25, 0.3) is 0 Å². The largest absolute Gasteiger partial charge is 0.573 e. The summed E-state index contributed by atoms with van der Waals surface area (Å²) >= 11 is 0. The summed E-state index contributed by atoms with van der Waals surface area (Å²) in [4.78, 5) is 0. The molecule has 8 heteroatoms. The van der Waals surface area contributed by atoms with Gasteiger partial charge in [-0.15, -0.1) is 25.6 Å². The van der Waals surface area contributed by atoms with Crippen molar-refractivity contribution < 1.29 is 27.8 Å². The summed E-state index contributed by atoms with van der Waals surface area (Å²) in [7, 11) is 1.34. The number of aliphatic hydroxyl groups is 1. The number of aliphatic hydroxyl groups excluding tert-OH is 1.